The molecule has 0 amide bonds. The van der Waals surface area contributed by atoms with Gasteiger partial charge in [0.2, 0.25) is 0 Å². The minimum atomic E-state index is -0.352. The van der Waals surface area contributed by atoms with Crippen LogP contribution in [0.1, 0.15) is 5.56 Å². The minimum absolute atomic E-state index is 0.241. The SMILES string of the molecule is Oc1cccc2c(NCc3cc(F)cc(Cl)c3)cccc12. The predicted octanol–water partition coefficient (Wildman–Crippen LogP) is 4.95. The van der Waals surface area contributed by atoms with Crippen molar-refractivity contribution in [3.05, 3.63) is 71.0 Å². The third-order valence-corrected chi connectivity index (χ3v) is 3.52. The molecule has 0 atom stereocenters. The maximum atomic E-state index is 13.3. The zero-order valence-electron chi connectivity index (χ0n) is 11.1. The topological polar surface area (TPSA) is 32.3 Å². The van der Waals surface area contributed by atoms with E-state index in [2.05, 4.69) is 5.32 Å². The Kier molecular flexibility index (Phi) is 3.67. The van der Waals surface area contributed by atoms with Crippen molar-refractivity contribution in [1.29, 1.82) is 0 Å². The molecule has 3 aromatic rings. The third-order valence-electron chi connectivity index (χ3n) is 3.30. The van der Waals surface area contributed by atoms with Gasteiger partial charge < -0.3 is 10.4 Å². The molecule has 0 aliphatic carbocycles. The van der Waals surface area contributed by atoms with Crippen LogP contribution in [-0.4, -0.2) is 5.11 Å². The predicted molar refractivity (Wildman–Crippen MR) is 84.3 cm³/mol. The van der Waals surface area contributed by atoms with Crippen LogP contribution in [0.25, 0.3) is 10.8 Å². The molecule has 0 saturated heterocycles. The standard InChI is InChI=1S/C17H13ClFNO/c18-12-7-11(8-13(19)9-12)10-20-16-5-1-4-15-14(16)3-2-6-17(15)21/h1-9,20-21H,10H2. The fourth-order valence-electron chi connectivity index (χ4n) is 2.36. The first kappa shape index (κ1) is 13.7. The van der Waals surface area contributed by atoms with Crippen LogP contribution >= 0.6 is 11.6 Å². The maximum Gasteiger partial charge on any atom is 0.125 e. The van der Waals surface area contributed by atoms with Crippen LogP contribution in [0.4, 0.5) is 10.1 Å². The monoisotopic (exact) mass is 301 g/mol. The number of phenols is 1. The van der Waals surface area contributed by atoms with Gasteiger partial charge >= 0.3 is 0 Å². The number of benzene rings is 3. The molecule has 0 heterocycles. The first-order valence-electron chi connectivity index (χ1n) is 6.53. The zero-order chi connectivity index (χ0) is 14.8. The van der Waals surface area contributed by atoms with Crippen molar-refractivity contribution in [3.8, 4) is 5.75 Å². The second-order valence-electron chi connectivity index (χ2n) is 4.81. The summed E-state index contributed by atoms with van der Waals surface area (Å²) in [4.78, 5) is 0. The summed E-state index contributed by atoms with van der Waals surface area (Å²) in [6, 6.07) is 15.5. The molecule has 2 nitrogen and oxygen atoms in total. The zero-order valence-corrected chi connectivity index (χ0v) is 11.9. The number of fused-ring (bicyclic) bond motifs is 1. The summed E-state index contributed by atoms with van der Waals surface area (Å²) in [6.07, 6.45) is 0. The van der Waals surface area contributed by atoms with Gasteiger partial charge in [0.25, 0.3) is 0 Å². The van der Waals surface area contributed by atoms with Gasteiger partial charge in [-0.25, -0.2) is 4.39 Å². The molecule has 3 aromatic carbocycles. The van der Waals surface area contributed by atoms with E-state index in [1.165, 1.54) is 12.1 Å². The number of phenolic OH excluding ortho intramolecular Hbond substituents is 1. The number of nitrogens with one attached hydrogen (secondary N) is 1. The van der Waals surface area contributed by atoms with Crippen LogP contribution in [0, 0.1) is 5.82 Å². The van der Waals surface area contributed by atoms with Crippen LogP contribution in [0.5, 0.6) is 5.75 Å². The summed E-state index contributed by atoms with van der Waals surface area (Å²) < 4.78 is 13.3. The normalized spacial score (nSPS) is 10.8. The number of hydrogen-bond acceptors (Lipinski definition) is 2. The molecule has 0 bridgehead atoms. The van der Waals surface area contributed by atoms with E-state index in [0.29, 0.717) is 11.6 Å². The first-order valence-corrected chi connectivity index (χ1v) is 6.91. The van der Waals surface area contributed by atoms with Crippen molar-refractivity contribution in [2.24, 2.45) is 0 Å². The molecule has 0 unspecified atom stereocenters. The average Bonchev–Trinajstić information content (AvgIpc) is 2.45. The largest absolute Gasteiger partial charge is 0.507 e. The number of halogens is 2. The Morgan fingerprint density at radius 2 is 1.76 bits per heavy atom. The molecule has 0 radical (unpaired) electrons. The van der Waals surface area contributed by atoms with Gasteiger partial charge in [-0.15, -0.1) is 0 Å². The highest BCUT2D eigenvalue weighted by atomic mass is 35.5. The van der Waals surface area contributed by atoms with Crippen molar-refractivity contribution < 1.29 is 9.50 Å². The molecule has 3 rings (SSSR count). The molecule has 21 heavy (non-hydrogen) atoms. The van der Waals surface area contributed by atoms with Crippen molar-refractivity contribution in [1.82, 2.24) is 0 Å². The molecule has 0 saturated carbocycles. The van der Waals surface area contributed by atoms with Crippen molar-refractivity contribution in [2.45, 2.75) is 6.54 Å². The Bertz CT molecular complexity index is 784. The lowest BCUT2D eigenvalue weighted by Crippen LogP contribution is -2.00. The number of hydrogen-bond donors (Lipinski definition) is 2. The second-order valence-corrected chi connectivity index (χ2v) is 5.25. The van der Waals surface area contributed by atoms with E-state index in [1.807, 2.05) is 24.3 Å². The summed E-state index contributed by atoms with van der Waals surface area (Å²) in [5, 5.41) is 15.2. The minimum Gasteiger partial charge on any atom is -0.507 e. The highest BCUT2D eigenvalue weighted by Gasteiger charge is 2.05. The van der Waals surface area contributed by atoms with Gasteiger partial charge in [0.15, 0.2) is 0 Å². The highest BCUT2D eigenvalue weighted by Crippen LogP contribution is 2.30. The molecule has 4 heteroatoms. The van der Waals surface area contributed by atoms with Crippen LogP contribution in [0.3, 0.4) is 0 Å². The fourth-order valence-corrected chi connectivity index (χ4v) is 2.60. The van der Waals surface area contributed by atoms with Crippen LogP contribution < -0.4 is 5.32 Å². The van der Waals surface area contributed by atoms with Gasteiger partial charge in [-0.2, -0.15) is 0 Å². The molecular weight excluding hydrogens is 289 g/mol. The lowest BCUT2D eigenvalue weighted by molar-refractivity contribution is 0.481. The Hall–Kier alpha value is -2.26. The lowest BCUT2D eigenvalue weighted by atomic mass is 10.1. The van der Waals surface area contributed by atoms with E-state index >= 15 is 0 Å². The highest BCUT2D eigenvalue weighted by molar-refractivity contribution is 6.30. The number of aromatic hydroxyl groups is 1. The van der Waals surface area contributed by atoms with E-state index in [-0.39, 0.29) is 11.6 Å². The summed E-state index contributed by atoms with van der Waals surface area (Å²) >= 11 is 5.85. The average molecular weight is 302 g/mol. The first-order chi connectivity index (χ1) is 10.1. The van der Waals surface area contributed by atoms with E-state index in [9.17, 15) is 9.50 Å². The molecule has 106 valence electrons. The lowest BCUT2D eigenvalue weighted by Gasteiger charge is -2.11. The smallest absolute Gasteiger partial charge is 0.125 e. The van der Waals surface area contributed by atoms with E-state index in [0.717, 1.165) is 22.0 Å². The van der Waals surface area contributed by atoms with Gasteiger partial charge in [-0.3, -0.25) is 0 Å². The van der Waals surface area contributed by atoms with Crippen molar-refractivity contribution in [3.63, 3.8) is 0 Å². The van der Waals surface area contributed by atoms with E-state index in [1.54, 1.807) is 18.2 Å². The van der Waals surface area contributed by atoms with Crippen molar-refractivity contribution in [2.75, 3.05) is 5.32 Å². The summed E-state index contributed by atoms with van der Waals surface area (Å²) in [6.45, 7) is 0.451. The van der Waals surface area contributed by atoms with Gasteiger partial charge in [0.1, 0.15) is 11.6 Å². The van der Waals surface area contributed by atoms with Crippen LogP contribution in [0.2, 0.25) is 5.02 Å². The van der Waals surface area contributed by atoms with Gasteiger partial charge in [-0.05, 0) is 35.9 Å². The molecule has 0 fully saturated rings. The molecule has 0 aliphatic heterocycles. The Morgan fingerprint density at radius 3 is 2.57 bits per heavy atom. The summed E-state index contributed by atoms with van der Waals surface area (Å²) in [5.41, 5.74) is 1.64. The number of anilines is 1. The summed E-state index contributed by atoms with van der Waals surface area (Å²) in [7, 11) is 0. The Balaban J connectivity index is 1.90. The molecule has 2 N–H and O–H groups in total. The Labute approximate surface area is 126 Å². The fraction of sp³-hybridized carbons (Fsp3) is 0.0588. The molecule has 0 spiro atoms. The third kappa shape index (κ3) is 2.93. The molecular formula is C17H13ClFNO. The molecule has 0 aliphatic rings. The van der Waals surface area contributed by atoms with Gasteiger partial charge in [-0.1, -0.05) is 35.9 Å². The van der Waals surface area contributed by atoms with Crippen LogP contribution in [0.15, 0.2) is 54.6 Å². The van der Waals surface area contributed by atoms with Crippen LogP contribution in [-0.2, 0) is 6.54 Å². The quantitative estimate of drug-likeness (QED) is 0.717. The van der Waals surface area contributed by atoms with Gasteiger partial charge in [0.05, 0.1) is 0 Å². The molecule has 0 aromatic heterocycles. The Morgan fingerprint density at radius 1 is 1.00 bits per heavy atom. The van der Waals surface area contributed by atoms with E-state index < -0.39 is 0 Å². The maximum absolute atomic E-state index is 13.3. The summed E-state index contributed by atoms with van der Waals surface area (Å²) in [5.74, 6) is -0.111. The van der Waals surface area contributed by atoms with Crippen molar-refractivity contribution >= 4 is 28.1 Å². The second kappa shape index (κ2) is 5.62. The van der Waals surface area contributed by atoms with E-state index in [4.69, 9.17) is 11.6 Å². The van der Waals surface area contributed by atoms with Gasteiger partial charge in [0, 0.05) is 28.0 Å². The number of rotatable bonds is 3.